The summed E-state index contributed by atoms with van der Waals surface area (Å²) in [6.45, 7) is 0. The van der Waals surface area contributed by atoms with Crippen molar-refractivity contribution in [3.05, 3.63) is 255 Å². The van der Waals surface area contributed by atoms with Crippen molar-refractivity contribution in [2.75, 3.05) is 0 Å². The summed E-state index contributed by atoms with van der Waals surface area (Å²) in [6, 6.07) is 89.2. The first kappa shape index (κ1) is 42.0. The maximum atomic E-state index is 5.57. The fraction of sp³-hybridized carbons (Fsp3) is 0. The number of benzene rings is 11. The molecule has 3 aromatic heterocycles. The maximum absolute atomic E-state index is 5.57. The van der Waals surface area contributed by atoms with Crippen LogP contribution in [0.2, 0.25) is 0 Å². The van der Waals surface area contributed by atoms with Crippen molar-refractivity contribution in [3.63, 3.8) is 0 Å². The second kappa shape index (κ2) is 17.5. The molecule has 0 aliphatic rings. The van der Waals surface area contributed by atoms with Crippen LogP contribution in [0.4, 0.5) is 0 Å². The van der Waals surface area contributed by atoms with Crippen LogP contribution in [0.3, 0.4) is 0 Å². The fourth-order valence-electron chi connectivity index (χ4n) is 10.5. The molecule has 11 aromatic carbocycles. The van der Waals surface area contributed by atoms with E-state index in [1.54, 1.807) is 0 Å². The molecule has 0 bridgehead atoms. The first-order valence-electron chi connectivity index (χ1n) is 24.6. The molecule has 0 radical (unpaired) electrons. The van der Waals surface area contributed by atoms with E-state index in [2.05, 4.69) is 235 Å². The standard InChI is InChI=1S/C67H42N6/c1-4-20-43(21-5-1)60-41-62(70-65(68-60)57-39-45-24-10-12-28-51(45)53-30-14-16-32-55(53)57)47-36-48(38-49(37-47)67-72-59-34-18-19-35-64(59)73(67)50-26-8-3-9-27-50)63-42-61(44-22-6-2-7-23-44)69-66(71-63)58-40-46-25-11-13-29-52(46)54-31-15-17-33-56(54)58/h1-42H. The number of rotatable bonds is 8. The average Bonchev–Trinajstić information content (AvgIpc) is 3.87. The highest BCUT2D eigenvalue weighted by Crippen LogP contribution is 2.41. The van der Waals surface area contributed by atoms with E-state index < -0.39 is 0 Å². The Hall–Kier alpha value is -9.91. The van der Waals surface area contributed by atoms with E-state index in [0.717, 1.165) is 117 Å². The molecule has 0 unspecified atom stereocenters. The van der Waals surface area contributed by atoms with Crippen molar-refractivity contribution in [1.29, 1.82) is 0 Å². The van der Waals surface area contributed by atoms with Gasteiger partial charge in [-0.25, -0.2) is 24.9 Å². The van der Waals surface area contributed by atoms with E-state index in [9.17, 15) is 0 Å². The molecule has 0 aliphatic heterocycles. The molecular weight excluding hydrogens is 889 g/mol. The van der Waals surface area contributed by atoms with Gasteiger partial charge in [-0.1, -0.05) is 188 Å². The quantitative estimate of drug-likeness (QED) is 0.142. The topological polar surface area (TPSA) is 69.4 Å². The van der Waals surface area contributed by atoms with Crippen LogP contribution >= 0.6 is 0 Å². The van der Waals surface area contributed by atoms with Crippen LogP contribution in [0.1, 0.15) is 0 Å². The van der Waals surface area contributed by atoms with Crippen LogP contribution < -0.4 is 0 Å². The normalized spacial score (nSPS) is 11.6. The zero-order valence-corrected chi connectivity index (χ0v) is 39.4. The zero-order chi connectivity index (χ0) is 48.2. The van der Waals surface area contributed by atoms with Crippen LogP contribution in [0.15, 0.2) is 255 Å². The van der Waals surface area contributed by atoms with Gasteiger partial charge in [-0.3, -0.25) is 4.57 Å². The minimum absolute atomic E-state index is 0.639. The fourth-order valence-corrected chi connectivity index (χ4v) is 10.5. The van der Waals surface area contributed by atoms with Gasteiger partial charge in [0.25, 0.3) is 0 Å². The summed E-state index contributed by atoms with van der Waals surface area (Å²) in [4.78, 5) is 27.3. The molecule has 73 heavy (non-hydrogen) atoms. The van der Waals surface area contributed by atoms with Gasteiger partial charge >= 0.3 is 0 Å². The largest absolute Gasteiger partial charge is 0.292 e. The van der Waals surface area contributed by atoms with Gasteiger partial charge < -0.3 is 0 Å². The SMILES string of the molecule is c1ccc(-c2cc(-c3cc(-c4cc(-c5ccccc5)nc(-c5cc6ccccc6c6ccccc56)n4)cc(-c4nc5ccccc5n4-c4ccccc4)c3)nc(-c3cc4ccccc4c4ccccc34)n2)cc1. The van der Waals surface area contributed by atoms with Crippen molar-refractivity contribution in [2.45, 2.75) is 0 Å². The number of hydrogen-bond donors (Lipinski definition) is 0. The van der Waals surface area contributed by atoms with E-state index in [-0.39, 0.29) is 0 Å². The minimum atomic E-state index is 0.639. The lowest BCUT2D eigenvalue weighted by Crippen LogP contribution is -2.01. The molecule has 340 valence electrons. The van der Waals surface area contributed by atoms with E-state index in [0.29, 0.717) is 11.6 Å². The first-order valence-corrected chi connectivity index (χ1v) is 24.6. The lowest BCUT2D eigenvalue weighted by Gasteiger charge is -2.16. The summed E-state index contributed by atoms with van der Waals surface area (Å²) < 4.78 is 2.25. The van der Waals surface area contributed by atoms with E-state index in [1.165, 1.54) is 10.8 Å². The molecule has 6 heteroatoms. The van der Waals surface area contributed by atoms with Crippen molar-refractivity contribution in [1.82, 2.24) is 29.5 Å². The minimum Gasteiger partial charge on any atom is -0.292 e. The Kier molecular flexibility index (Phi) is 10.1. The molecule has 0 spiro atoms. The van der Waals surface area contributed by atoms with Gasteiger partial charge in [0, 0.05) is 44.6 Å². The molecule has 0 N–H and O–H groups in total. The van der Waals surface area contributed by atoms with Gasteiger partial charge in [-0.2, -0.15) is 0 Å². The van der Waals surface area contributed by atoms with Crippen LogP contribution in [-0.4, -0.2) is 29.5 Å². The number of nitrogens with zero attached hydrogens (tertiary/aromatic N) is 6. The monoisotopic (exact) mass is 930 g/mol. The Morgan fingerprint density at radius 2 is 0.644 bits per heavy atom. The Morgan fingerprint density at radius 3 is 1.15 bits per heavy atom. The van der Waals surface area contributed by atoms with Gasteiger partial charge in [0.15, 0.2) is 11.6 Å². The van der Waals surface area contributed by atoms with E-state index in [4.69, 9.17) is 24.9 Å². The predicted molar refractivity (Wildman–Crippen MR) is 300 cm³/mol. The van der Waals surface area contributed by atoms with E-state index >= 15 is 0 Å². The third-order valence-electron chi connectivity index (χ3n) is 14.0. The lowest BCUT2D eigenvalue weighted by molar-refractivity contribution is 1.10. The maximum Gasteiger partial charge on any atom is 0.161 e. The average molecular weight is 931 g/mol. The van der Waals surface area contributed by atoms with Crippen molar-refractivity contribution in [2.24, 2.45) is 0 Å². The summed E-state index contributed by atoms with van der Waals surface area (Å²) in [5, 5.41) is 9.13. The zero-order valence-electron chi connectivity index (χ0n) is 39.4. The van der Waals surface area contributed by atoms with Crippen molar-refractivity contribution < 1.29 is 0 Å². The molecule has 0 atom stereocenters. The molecule has 14 aromatic rings. The highest BCUT2D eigenvalue weighted by Gasteiger charge is 2.22. The number of imidazole rings is 1. The highest BCUT2D eigenvalue weighted by molar-refractivity contribution is 6.14. The van der Waals surface area contributed by atoms with Gasteiger partial charge in [-0.15, -0.1) is 0 Å². The summed E-state index contributed by atoms with van der Waals surface area (Å²) in [7, 11) is 0. The molecule has 6 nitrogen and oxygen atoms in total. The van der Waals surface area contributed by atoms with Gasteiger partial charge in [0.05, 0.1) is 33.8 Å². The highest BCUT2D eigenvalue weighted by atomic mass is 15.1. The lowest BCUT2D eigenvalue weighted by atomic mass is 9.95. The second-order valence-corrected chi connectivity index (χ2v) is 18.4. The molecule has 3 heterocycles. The summed E-state index contributed by atoms with van der Waals surface area (Å²) in [5.41, 5.74) is 12.7. The smallest absolute Gasteiger partial charge is 0.161 e. The number of hydrogen-bond acceptors (Lipinski definition) is 5. The molecule has 0 amide bonds. The van der Waals surface area contributed by atoms with Crippen molar-refractivity contribution >= 4 is 54.1 Å². The summed E-state index contributed by atoms with van der Waals surface area (Å²) >= 11 is 0. The van der Waals surface area contributed by atoms with Crippen molar-refractivity contribution in [3.8, 4) is 84.9 Å². The number of fused-ring (bicyclic) bond motifs is 7. The second-order valence-electron chi connectivity index (χ2n) is 18.4. The Labute approximate surface area is 421 Å². The first-order chi connectivity index (χ1) is 36.2. The van der Waals surface area contributed by atoms with Gasteiger partial charge in [0.1, 0.15) is 5.82 Å². The third-order valence-corrected chi connectivity index (χ3v) is 14.0. The van der Waals surface area contributed by atoms with Gasteiger partial charge in [-0.05, 0) is 110 Å². The van der Waals surface area contributed by atoms with Crippen LogP contribution in [0.5, 0.6) is 0 Å². The molecule has 0 saturated heterocycles. The summed E-state index contributed by atoms with van der Waals surface area (Å²) in [5.74, 6) is 2.08. The van der Waals surface area contributed by atoms with Gasteiger partial charge in [0.2, 0.25) is 0 Å². The van der Waals surface area contributed by atoms with Crippen LogP contribution in [-0.2, 0) is 0 Å². The molecule has 0 saturated carbocycles. The molecular formula is C67H42N6. The Balaban J connectivity index is 1.06. The number of para-hydroxylation sites is 3. The predicted octanol–water partition coefficient (Wildman–Crippen LogP) is 16.9. The number of aromatic nitrogens is 6. The molecule has 0 fully saturated rings. The molecule has 14 rings (SSSR count). The third kappa shape index (κ3) is 7.48. The van der Waals surface area contributed by atoms with E-state index in [1.807, 2.05) is 24.3 Å². The molecule has 0 aliphatic carbocycles. The Bertz CT molecular complexity index is 4210. The van der Waals surface area contributed by atoms with Crippen LogP contribution in [0, 0.1) is 0 Å². The van der Waals surface area contributed by atoms with Crippen LogP contribution in [0.25, 0.3) is 139 Å². The summed E-state index contributed by atoms with van der Waals surface area (Å²) in [6.07, 6.45) is 0. The Morgan fingerprint density at radius 1 is 0.260 bits per heavy atom.